The number of fused-ring (bicyclic) bond motifs is 1. The number of likely N-dealkylation sites (N-methyl/N-ethyl adjacent to an activating group) is 1. The third-order valence-corrected chi connectivity index (χ3v) is 3.34. The molecule has 4 heteroatoms. The normalized spacial score (nSPS) is 10.8. The summed E-state index contributed by atoms with van der Waals surface area (Å²) in [5.74, 6) is 1.92. The molecule has 0 atom stereocenters. The first-order valence-electron chi connectivity index (χ1n) is 5.71. The smallest absolute Gasteiger partial charge is 0.141 e. The predicted octanol–water partition coefficient (Wildman–Crippen LogP) is 3.27. The highest BCUT2D eigenvalue weighted by atomic mass is 32.1. The molecule has 0 aliphatic rings. The Balaban J connectivity index is 2.49. The van der Waals surface area contributed by atoms with Gasteiger partial charge in [0.05, 0.1) is 5.39 Å². The van der Waals surface area contributed by atoms with Crippen molar-refractivity contribution in [2.45, 2.75) is 20.3 Å². The lowest BCUT2D eigenvalue weighted by Gasteiger charge is -2.19. The van der Waals surface area contributed by atoms with Crippen LogP contribution in [0, 0.1) is 0 Å². The van der Waals surface area contributed by atoms with Crippen molar-refractivity contribution in [3.8, 4) is 0 Å². The fourth-order valence-corrected chi connectivity index (χ4v) is 2.59. The summed E-state index contributed by atoms with van der Waals surface area (Å²) in [6.07, 6.45) is 0.863. The zero-order valence-corrected chi connectivity index (χ0v) is 11.3. The molecule has 17 heavy (non-hydrogen) atoms. The quantitative estimate of drug-likeness (QED) is 0.776. The SMILES string of the molecule is C=C(C)CN(C)c1nc(CC)nc2sccc12. The van der Waals surface area contributed by atoms with Crippen molar-refractivity contribution < 1.29 is 0 Å². The van der Waals surface area contributed by atoms with Crippen LogP contribution in [-0.2, 0) is 6.42 Å². The summed E-state index contributed by atoms with van der Waals surface area (Å²) in [6.45, 7) is 8.88. The first-order valence-corrected chi connectivity index (χ1v) is 6.59. The lowest BCUT2D eigenvalue weighted by Crippen LogP contribution is -2.21. The zero-order chi connectivity index (χ0) is 12.4. The van der Waals surface area contributed by atoms with Crippen LogP contribution in [0.15, 0.2) is 23.6 Å². The number of anilines is 1. The second-order valence-corrected chi connectivity index (χ2v) is 5.16. The molecular formula is C13H17N3S. The highest BCUT2D eigenvalue weighted by Gasteiger charge is 2.11. The number of hydrogen-bond acceptors (Lipinski definition) is 4. The zero-order valence-electron chi connectivity index (χ0n) is 10.5. The molecule has 2 aromatic rings. The molecule has 2 rings (SSSR count). The van der Waals surface area contributed by atoms with E-state index in [0.29, 0.717) is 0 Å². The molecule has 0 saturated carbocycles. The van der Waals surface area contributed by atoms with Gasteiger partial charge in [0.25, 0.3) is 0 Å². The summed E-state index contributed by atoms with van der Waals surface area (Å²) in [6, 6.07) is 2.09. The van der Waals surface area contributed by atoms with Gasteiger partial charge in [-0.3, -0.25) is 0 Å². The van der Waals surface area contributed by atoms with E-state index in [1.807, 2.05) is 14.0 Å². The summed E-state index contributed by atoms with van der Waals surface area (Å²) in [5, 5.41) is 3.20. The Morgan fingerprint density at radius 1 is 1.47 bits per heavy atom. The van der Waals surface area contributed by atoms with Crippen molar-refractivity contribution in [2.24, 2.45) is 0 Å². The molecule has 0 bridgehead atoms. The van der Waals surface area contributed by atoms with Gasteiger partial charge >= 0.3 is 0 Å². The Kier molecular flexibility index (Phi) is 3.43. The van der Waals surface area contributed by atoms with Gasteiger partial charge < -0.3 is 4.90 Å². The van der Waals surface area contributed by atoms with Crippen LogP contribution in [-0.4, -0.2) is 23.6 Å². The Morgan fingerprint density at radius 2 is 2.24 bits per heavy atom. The second kappa shape index (κ2) is 4.84. The molecule has 3 nitrogen and oxygen atoms in total. The molecular weight excluding hydrogens is 230 g/mol. The van der Waals surface area contributed by atoms with E-state index in [4.69, 9.17) is 0 Å². The highest BCUT2D eigenvalue weighted by Crippen LogP contribution is 2.27. The van der Waals surface area contributed by atoms with Gasteiger partial charge in [-0.2, -0.15) is 0 Å². The third-order valence-electron chi connectivity index (χ3n) is 2.54. The van der Waals surface area contributed by atoms with E-state index < -0.39 is 0 Å². The summed E-state index contributed by atoms with van der Waals surface area (Å²) < 4.78 is 0. The monoisotopic (exact) mass is 247 g/mol. The lowest BCUT2D eigenvalue weighted by molar-refractivity contribution is 0.908. The first-order chi connectivity index (χ1) is 8.11. The van der Waals surface area contributed by atoms with E-state index in [2.05, 4.69) is 39.8 Å². The maximum atomic E-state index is 4.62. The average molecular weight is 247 g/mol. The van der Waals surface area contributed by atoms with Gasteiger partial charge in [0.1, 0.15) is 16.5 Å². The fraction of sp³-hybridized carbons (Fsp3) is 0.385. The molecule has 2 aromatic heterocycles. The fourth-order valence-electron chi connectivity index (χ4n) is 1.81. The molecule has 90 valence electrons. The summed E-state index contributed by atoms with van der Waals surface area (Å²) in [4.78, 5) is 12.4. The van der Waals surface area contributed by atoms with Crippen LogP contribution in [0.3, 0.4) is 0 Å². The summed E-state index contributed by atoms with van der Waals surface area (Å²) in [5.41, 5.74) is 1.13. The van der Waals surface area contributed by atoms with Crippen LogP contribution in [0.25, 0.3) is 10.2 Å². The predicted molar refractivity (Wildman–Crippen MR) is 74.9 cm³/mol. The van der Waals surface area contributed by atoms with Gasteiger partial charge in [0.15, 0.2) is 0 Å². The third kappa shape index (κ3) is 2.47. The van der Waals surface area contributed by atoms with E-state index >= 15 is 0 Å². The second-order valence-electron chi connectivity index (χ2n) is 4.27. The van der Waals surface area contributed by atoms with Crippen LogP contribution in [0.4, 0.5) is 5.82 Å². The molecule has 0 fully saturated rings. The van der Waals surface area contributed by atoms with E-state index in [1.165, 1.54) is 0 Å². The van der Waals surface area contributed by atoms with Gasteiger partial charge in [-0.25, -0.2) is 9.97 Å². The average Bonchev–Trinajstić information content (AvgIpc) is 2.74. The Morgan fingerprint density at radius 3 is 2.88 bits per heavy atom. The van der Waals surface area contributed by atoms with E-state index in [9.17, 15) is 0 Å². The van der Waals surface area contributed by atoms with Crippen molar-refractivity contribution in [1.82, 2.24) is 9.97 Å². The molecule has 0 amide bonds. The van der Waals surface area contributed by atoms with E-state index in [0.717, 1.165) is 40.4 Å². The van der Waals surface area contributed by atoms with Crippen molar-refractivity contribution in [2.75, 3.05) is 18.5 Å². The minimum atomic E-state index is 0.825. The molecule has 0 saturated heterocycles. The van der Waals surface area contributed by atoms with Gasteiger partial charge in [0, 0.05) is 20.0 Å². The topological polar surface area (TPSA) is 29.0 Å². The molecule has 0 aromatic carbocycles. The lowest BCUT2D eigenvalue weighted by atomic mass is 10.3. The number of thiophene rings is 1. The molecule has 2 heterocycles. The minimum Gasteiger partial charge on any atom is -0.355 e. The van der Waals surface area contributed by atoms with Crippen LogP contribution in [0.2, 0.25) is 0 Å². The van der Waals surface area contributed by atoms with Crippen molar-refractivity contribution in [1.29, 1.82) is 0 Å². The van der Waals surface area contributed by atoms with Crippen LogP contribution in [0.1, 0.15) is 19.7 Å². The van der Waals surface area contributed by atoms with E-state index in [-0.39, 0.29) is 0 Å². The Labute approximate surface area is 106 Å². The highest BCUT2D eigenvalue weighted by molar-refractivity contribution is 7.16. The Hall–Kier alpha value is -1.42. The number of nitrogens with zero attached hydrogens (tertiary/aromatic N) is 3. The standard InChI is InChI=1S/C13H17N3S/c1-5-11-14-12(16(4)8-9(2)3)10-6-7-17-13(10)15-11/h6-7H,2,5,8H2,1,3-4H3. The van der Waals surface area contributed by atoms with Gasteiger partial charge in [-0.15, -0.1) is 11.3 Å². The van der Waals surface area contributed by atoms with Crippen molar-refractivity contribution >= 4 is 27.4 Å². The van der Waals surface area contributed by atoms with E-state index in [1.54, 1.807) is 11.3 Å². The van der Waals surface area contributed by atoms with Crippen LogP contribution < -0.4 is 4.90 Å². The minimum absolute atomic E-state index is 0.825. The maximum Gasteiger partial charge on any atom is 0.141 e. The maximum absolute atomic E-state index is 4.62. The number of rotatable bonds is 4. The van der Waals surface area contributed by atoms with Crippen LogP contribution in [0.5, 0.6) is 0 Å². The molecule has 0 radical (unpaired) electrons. The van der Waals surface area contributed by atoms with Gasteiger partial charge in [-0.1, -0.05) is 19.1 Å². The van der Waals surface area contributed by atoms with Gasteiger partial charge in [-0.05, 0) is 18.4 Å². The van der Waals surface area contributed by atoms with Gasteiger partial charge in [0.2, 0.25) is 0 Å². The molecule has 0 spiro atoms. The molecule has 0 N–H and O–H groups in total. The molecule has 0 aliphatic carbocycles. The summed E-state index contributed by atoms with van der Waals surface area (Å²) >= 11 is 1.67. The molecule has 0 unspecified atom stereocenters. The van der Waals surface area contributed by atoms with Crippen LogP contribution >= 0.6 is 11.3 Å². The summed E-state index contributed by atoms with van der Waals surface area (Å²) in [7, 11) is 2.05. The largest absolute Gasteiger partial charge is 0.355 e. The number of hydrogen-bond donors (Lipinski definition) is 0. The molecule has 0 aliphatic heterocycles. The number of aromatic nitrogens is 2. The first kappa shape index (κ1) is 12.0. The van der Waals surface area contributed by atoms with Crippen molar-refractivity contribution in [3.63, 3.8) is 0 Å². The Bertz CT molecular complexity index is 545. The van der Waals surface area contributed by atoms with Crippen molar-refractivity contribution in [3.05, 3.63) is 29.4 Å². The number of aryl methyl sites for hydroxylation is 1.